The summed E-state index contributed by atoms with van der Waals surface area (Å²) in [6.45, 7) is 15.0. The molecule has 416 valence electrons. The van der Waals surface area contributed by atoms with Crippen molar-refractivity contribution in [1.82, 2.24) is 0 Å². The van der Waals surface area contributed by atoms with E-state index in [1.807, 2.05) is 159 Å². The van der Waals surface area contributed by atoms with Crippen LogP contribution in [0, 0.1) is 36.0 Å². The zero-order chi connectivity index (χ0) is 58.6. The molecular formula is C62H70B4F5N3O6. The van der Waals surface area contributed by atoms with E-state index in [0.717, 1.165) is 41.1 Å². The minimum atomic E-state index is -2.08. The summed E-state index contributed by atoms with van der Waals surface area (Å²) in [7, 11) is 7.39. The van der Waals surface area contributed by atoms with Gasteiger partial charge in [-0.3, -0.25) is 0 Å². The van der Waals surface area contributed by atoms with Crippen molar-refractivity contribution < 1.29 is 50.9 Å². The number of benzene rings is 8. The molecule has 0 aliphatic carbocycles. The highest BCUT2D eigenvalue weighted by Crippen LogP contribution is 2.29. The van der Waals surface area contributed by atoms with Gasteiger partial charge in [-0.25, -0.2) is 17.6 Å². The van der Waals surface area contributed by atoms with Gasteiger partial charge in [-0.2, -0.15) is 4.39 Å². The van der Waals surface area contributed by atoms with E-state index in [9.17, 15) is 22.0 Å². The molecule has 0 aromatic heterocycles. The molecule has 18 heteroatoms. The van der Waals surface area contributed by atoms with Crippen molar-refractivity contribution in [1.29, 1.82) is 0 Å². The van der Waals surface area contributed by atoms with Crippen LogP contribution in [-0.2, 0) is 6.42 Å². The molecule has 8 aromatic carbocycles. The minimum Gasteiger partial charge on any atom is -0.493 e. The molecule has 0 radical (unpaired) electrons. The van der Waals surface area contributed by atoms with E-state index in [4.69, 9.17) is 29.0 Å². The van der Waals surface area contributed by atoms with Crippen LogP contribution in [0.4, 0.5) is 39.0 Å². The Morgan fingerprint density at radius 3 is 1.32 bits per heavy atom. The molecule has 0 aliphatic rings. The van der Waals surface area contributed by atoms with Gasteiger partial charge in [-0.05, 0) is 89.5 Å². The van der Waals surface area contributed by atoms with Crippen LogP contribution in [-0.4, -0.2) is 79.1 Å². The molecule has 0 amide bonds. The zero-order valence-electron chi connectivity index (χ0n) is 47.6. The first-order chi connectivity index (χ1) is 38.0. The fraction of sp³-hybridized carbons (Fsp3) is 0.226. The maximum Gasteiger partial charge on any atom is 0.491 e. The Kier molecular flexibility index (Phi) is 24.0. The Bertz CT molecular complexity index is 3260. The number of anilines is 3. The van der Waals surface area contributed by atoms with E-state index in [2.05, 4.69) is 30.4 Å². The molecule has 8 rings (SSSR count). The van der Waals surface area contributed by atoms with Crippen LogP contribution in [0.25, 0.3) is 0 Å². The monoisotopic (exact) mass is 1090 g/mol. The number of hydrogen-bond donors (Lipinski definition) is 3. The second kappa shape index (κ2) is 30.5. The Hall–Kier alpha value is -7.81. The number of rotatable bonds is 17. The molecule has 0 bridgehead atoms. The molecule has 0 fully saturated rings. The summed E-state index contributed by atoms with van der Waals surface area (Å²) in [6, 6.07) is 47.8. The standard InChI is InChI=1S/C17H20BFO.C16H19BFNO.C15H17BFNO.C14H14BF2NO3/c1-13-5-4-6-14(11-13)9-10-20-15-7-8-16(18(2)3)17(19)12-15;1-17(2)15-9-8-14(11-16(15)18)20-13-7-5-6-12(10-13)19(3)4;1-16(2)14-8-7-13(10-15(14)17)19-12-6-4-5-11(9-12)18-3;1-18(2)9-4-3-5-10(8-9)21-12-7-6-11(15(19)20)13(16)14(12)17/h4-8,11-12H,9-10H2,1-3H3;5-11H,1-4H3;4-10,18H,1-3H3;3-8,19-20H,1-2H3. The first kappa shape index (κ1) is 63.0. The third-order valence-electron chi connectivity index (χ3n) is 12.4. The molecule has 0 spiro atoms. The highest BCUT2D eigenvalue weighted by Gasteiger charge is 2.23. The lowest BCUT2D eigenvalue weighted by molar-refractivity contribution is 0.320. The molecule has 0 unspecified atom stereocenters. The van der Waals surface area contributed by atoms with E-state index in [1.165, 1.54) is 29.3 Å². The number of halogens is 5. The van der Waals surface area contributed by atoms with Gasteiger partial charge in [0.25, 0.3) is 0 Å². The Labute approximate surface area is 470 Å². The molecule has 0 saturated heterocycles. The SMILES string of the molecule is CB(C)c1ccc(OCCc2cccc(C)c2)cc1F.CB(C)c1ccc(Oc2cccc(N(C)C)c2)cc1F.CN(C)c1cccc(Oc2ccc(B(O)O)c(F)c2F)c1.CNc1cccc(Oc2ccc(B(C)C)c(F)c2)c1. The molecule has 3 N–H and O–H groups in total. The molecule has 8 aromatic rings. The minimum absolute atomic E-state index is 0.168. The predicted octanol–water partition coefficient (Wildman–Crippen LogP) is 12.5. The Morgan fingerprint density at radius 1 is 0.450 bits per heavy atom. The van der Waals surface area contributed by atoms with E-state index in [-0.39, 0.29) is 43.3 Å². The van der Waals surface area contributed by atoms with E-state index >= 15 is 0 Å². The highest BCUT2D eigenvalue weighted by atomic mass is 19.2. The fourth-order valence-electron chi connectivity index (χ4n) is 7.89. The molecule has 80 heavy (non-hydrogen) atoms. The zero-order valence-corrected chi connectivity index (χ0v) is 47.6. The number of aryl methyl sites for hydroxylation is 1. The van der Waals surface area contributed by atoms with E-state index in [0.29, 0.717) is 52.0 Å². The maximum absolute atomic E-state index is 13.9. The van der Waals surface area contributed by atoms with Gasteiger partial charge >= 0.3 is 7.12 Å². The fourth-order valence-corrected chi connectivity index (χ4v) is 7.89. The van der Waals surface area contributed by atoms with Gasteiger partial charge < -0.3 is 44.1 Å². The quantitative estimate of drug-likeness (QED) is 0.0609. The summed E-state index contributed by atoms with van der Waals surface area (Å²) < 4.78 is 91.4. The number of nitrogens with zero attached hydrogens (tertiary/aromatic N) is 2. The van der Waals surface area contributed by atoms with Crippen LogP contribution in [0.5, 0.6) is 40.2 Å². The first-order valence-corrected chi connectivity index (χ1v) is 26.3. The number of ether oxygens (including phenoxy) is 4. The normalized spacial score (nSPS) is 10.3. The van der Waals surface area contributed by atoms with Crippen LogP contribution < -0.4 is 55.9 Å². The maximum atomic E-state index is 13.9. The smallest absolute Gasteiger partial charge is 0.491 e. The largest absolute Gasteiger partial charge is 0.493 e. The van der Waals surface area contributed by atoms with Gasteiger partial charge in [0.1, 0.15) is 51.9 Å². The van der Waals surface area contributed by atoms with Gasteiger partial charge in [-0.1, -0.05) is 113 Å². The van der Waals surface area contributed by atoms with Crippen molar-refractivity contribution in [2.24, 2.45) is 0 Å². The molecular weight excluding hydrogens is 1020 g/mol. The topological polar surface area (TPSA) is 95.9 Å². The molecule has 0 atom stereocenters. The average molecular weight is 1090 g/mol. The van der Waals surface area contributed by atoms with Crippen LogP contribution in [0.2, 0.25) is 40.9 Å². The summed E-state index contributed by atoms with van der Waals surface area (Å²) in [6.07, 6.45) is 0.829. The number of nitrogens with one attached hydrogen (secondary N) is 1. The van der Waals surface area contributed by atoms with Crippen molar-refractivity contribution in [3.8, 4) is 40.2 Å². The lowest BCUT2D eigenvalue weighted by atomic mass is 9.49. The van der Waals surface area contributed by atoms with Crippen LogP contribution in [0.1, 0.15) is 11.1 Å². The summed E-state index contributed by atoms with van der Waals surface area (Å²) >= 11 is 0. The number of hydrogen-bond acceptors (Lipinski definition) is 9. The van der Waals surface area contributed by atoms with Gasteiger partial charge in [0.15, 0.2) is 31.7 Å². The predicted molar refractivity (Wildman–Crippen MR) is 325 cm³/mol. The second-order valence-electron chi connectivity index (χ2n) is 20.1. The Morgan fingerprint density at radius 2 is 0.875 bits per heavy atom. The van der Waals surface area contributed by atoms with Gasteiger partial charge in [0, 0.05) is 101 Å². The van der Waals surface area contributed by atoms with Gasteiger partial charge in [-0.15, -0.1) is 0 Å². The molecule has 0 saturated carbocycles. The lowest BCUT2D eigenvalue weighted by Crippen LogP contribution is -2.33. The lowest BCUT2D eigenvalue weighted by Gasteiger charge is -2.14. The van der Waals surface area contributed by atoms with E-state index in [1.54, 1.807) is 42.5 Å². The average Bonchev–Trinajstić information content (AvgIpc) is 3.41. The van der Waals surface area contributed by atoms with Crippen molar-refractivity contribution in [2.45, 2.75) is 54.3 Å². The molecule has 0 aliphatic heterocycles. The second-order valence-corrected chi connectivity index (χ2v) is 20.1. The van der Waals surface area contributed by atoms with Crippen LogP contribution in [0.3, 0.4) is 0 Å². The van der Waals surface area contributed by atoms with Crippen LogP contribution in [0.15, 0.2) is 164 Å². The summed E-state index contributed by atoms with van der Waals surface area (Å²) in [5.74, 6) is -0.215. The van der Waals surface area contributed by atoms with Crippen LogP contribution >= 0.6 is 0 Å². The molecule has 0 heterocycles. The van der Waals surface area contributed by atoms with Crippen molar-refractivity contribution in [3.05, 3.63) is 204 Å². The van der Waals surface area contributed by atoms with Gasteiger partial charge in [0.05, 0.1) is 6.61 Å². The first-order valence-electron chi connectivity index (χ1n) is 26.3. The Balaban J connectivity index is 0.000000196. The van der Waals surface area contributed by atoms with Crippen molar-refractivity contribution in [3.63, 3.8) is 0 Å². The highest BCUT2D eigenvalue weighted by molar-refractivity contribution is 6.71. The summed E-state index contributed by atoms with van der Waals surface area (Å²) in [4.78, 5) is 3.84. The summed E-state index contributed by atoms with van der Waals surface area (Å²) in [5, 5.41) is 20.9. The molecule has 9 nitrogen and oxygen atoms in total. The third-order valence-corrected chi connectivity index (χ3v) is 12.4. The van der Waals surface area contributed by atoms with E-state index < -0.39 is 24.2 Å². The van der Waals surface area contributed by atoms with Gasteiger partial charge in [0.2, 0.25) is 5.82 Å². The summed E-state index contributed by atoms with van der Waals surface area (Å²) in [5.41, 5.74) is 6.93. The third kappa shape index (κ3) is 19.2. The van der Waals surface area contributed by atoms with Crippen molar-refractivity contribution >= 4 is 66.2 Å². The van der Waals surface area contributed by atoms with Crippen molar-refractivity contribution in [2.75, 3.05) is 57.0 Å².